The minimum absolute atomic E-state index is 0.236. The maximum absolute atomic E-state index is 12.3. The second kappa shape index (κ2) is 5.53. The molecule has 0 aliphatic heterocycles. The van der Waals surface area contributed by atoms with E-state index in [1.807, 2.05) is 32.0 Å². The molecule has 1 aromatic carbocycles. The Balaban J connectivity index is 3.10. The van der Waals surface area contributed by atoms with Crippen molar-refractivity contribution >= 4 is 17.7 Å². The van der Waals surface area contributed by atoms with Gasteiger partial charge in [-0.3, -0.25) is 15.2 Å². The molecule has 5 nitrogen and oxygen atoms in total. The van der Waals surface area contributed by atoms with Crippen LogP contribution in [0.15, 0.2) is 18.2 Å². The molecule has 0 fully saturated rings. The zero-order valence-electron chi connectivity index (χ0n) is 11.3. The standard InChI is InChI=1S/C13H20N4O/c1-5-17(12(14)15)13(18)16(4)11-9(2)7-6-8-10(11)3/h6-8H,5H2,1-4H3,(H3,14,15). The van der Waals surface area contributed by atoms with Crippen LogP contribution in [0, 0.1) is 19.3 Å². The van der Waals surface area contributed by atoms with Gasteiger partial charge >= 0.3 is 6.03 Å². The molecule has 0 aliphatic rings. The highest BCUT2D eigenvalue weighted by molar-refractivity contribution is 6.02. The van der Waals surface area contributed by atoms with Crippen molar-refractivity contribution in [2.45, 2.75) is 20.8 Å². The molecule has 0 unspecified atom stereocenters. The number of hydrogen-bond donors (Lipinski definition) is 2. The van der Waals surface area contributed by atoms with E-state index in [1.165, 1.54) is 9.80 Å². The van der Waals surface area contributed by atoms with Crippen molar-refractivity contribution in [3.05, 3.63) is 29.3 Å². The predicted octanol–water partition coefficient (Wildman–Crippen LogP) is 2.08. The first kappa shape index (κ1) is 14.0. The maximum atomic E-state index is 12.3. The Morgan fingerprint density at radius 1 is 1.33 bits per heavy atom. The van der Waals surface area contributed by atoms with Crippen LogP contribution >= 0.6 is 0 Å². The summed E-state index contributed by atoms with van der Waals surface area (Å²) in [6, 6.07) is 5.57. The molecule has 1 aromatic rings. The number of hydrogen-bond acceptors (Lipinski definition) is 2. The molecule has 0 saturated heterocycles. The van der Waals surface area contributed by atoms with Crippen molar-refractivity contribution in [2.24, 2.45) is 5.73 Å². The van der Waals surface area contributed by atoms with Crippen molar-refractivity contribution < 1.29 is 4.79 Å². The summed E-state index contributed by atoms with van der Waals surface area (Å²) in [4.78, 5) is 15.0. The first-order valence-corrected chi connectivity index (χ1v) is 5.85. The van der Waals surface area contributed by atoms with E-state index in [1.54, 1.807) is 14.0 Å². The predicted molar refractivity (Wildman–Crippen MR) is 74.0 cm³/mol. The number of para-hydroxylation sites is 1. The van der Waals surface area contributed by atoms with Gasteiger partial charge in [0.15, 0.2) is 5.96 Å². The van der Waals surface area contributed by atoms with Gasteiger partial charge < -0.3 is 5.73 Å². The van der Waals surface area contributed by atoms with Crippen LogP contribution in [0.3, 0.4) is 0 Å². The second-order valence-electron chi connectivity index (χ2n) is 4.21. The third-order valence-corrected chi connectivity index (χ3v) is 2.90. The number of urea groups is 1. The molecule has 98 valence electrons. The smallest absolute Gasteiger partial charge is 0.331 e. The van der Waals surface area contributed by atoms with E-state index in [9.17, 15) is 4.79 Å². The van der Waals surface area contributed by atoms with Gasteiger partial charge in [-0.1, -0.05) is 18.2 Å². The molecule has 1 rings (SSSR count). The van der Waals surface area contributed by atoms with Crippen molar-refractivity contribution in [2.75, 3.05) is 18.5 Å². The Bertz CT molecular complexity index is 450. The molecule has 0 radical (unpaired) electrons. The summed E-state index contributed by atoms with van der Waals surface area (Å²) in [5.41, 5.74) is 8.30. The molecule has 0 saturated carbocycles. The van der Waals surface area contributed by atoms with Gasteiger partial charge in [-0.2, -0.15) is 0 Å². The minimum Gasteiger partial charge on any atom is -0.370 e. The normalized spacial score (nSPS) is 10.0. The fourth-order valence-corrected chi connectivity index (χ4v) is 2.02. The first-order valence-electron chi connectivity index (χ1n) is 5.85. The quantitative estimate of drug-likeness (QED) is 0.621. The van der Waals surface area contributed by atoms with Crippen LogP contribution in [0.25, 0.3) is 0 Å². The molecule has 0 atom stereocenters. The fourth-order valence-electron chi connectivity index (χ4n) is 2.02. The van der Waals surface area contributed by atoms with Crippen LogP contribution in [0.1, 0.15) is 18.1 Å². The van der Waals surface area contributed by atoms with E-state index in [0.717, 1.165) is 16.8 Å². The van der Waals surface area contributed by atoms with Crippen LogP contribution in [0.4, 0.5) is 10.5 Å². The lowest BCUT2D eigenvalue weighted by atomic mass is 10.1. The van der Waals surface area contributed by atoms with E-state index in [4.69, 9.17) is 11.1 Å². The first-order chi connectivity index (χ1) is 8.40. The van der Waals surface area contributed by atoms with Crippen LogP contribution in [-0.4, -0.2) is 30.5 Å². The van der Waals surface area contributed by atoms with Gasteiger partial charge in [0, 0.05) is 13.6 Å². The summed E-state index contributed by atoms with van der Waals surface area (Å²) in [6.45, 7) is 6.08. The van der Waals surface area contributed by atoms with Crippen LogP contribution in [-0.2, 0) is 0 Å². The number of benzene rings is 1. The summed E-state index contributed by atoms with van der Waals surface area (Å²) in [5, 5.41) is 7.40. The molecular formula is C13H20N4O. The second-order valence-corrected chi connectivity index (χ2v) is 4.21. The van der Waals surface area contributed by atoms with E-state index < -0.39 is 0 Å². The fraction of sp³-hybridized carbons (Fsp3) is 0.385. The molecule has 0 spiro atoms. The average molecular weight is 248 g/mol. The zero-order chi connectivity index (χ0) is 13.9. The van der Waals surface area contributed by atoms with Gasteiger partial charge in [0.1, 0.15) is 0 Å². The lowest BCUT2D eigenvalue weighted by molar-refractivity contribution is 0.229. The summed E-state index contributed by atoms with van der Waals surface area (Å²) in [7, 11) is 1.70. The number of anilines is 1. The lowest BCUT2D eigenvalue weighted by Crippen LogP contribution is -2.47. The number of nitrogens with two attached hydrogens (primary N) is 1. The van der Waals surface area contributed by atoms with Gasteiger partial charge in [-0.25, -0.2) is 4.79 Å². The largest absolute Gasteiger partial charge is 0.370 e. The summed E-state index contributed by atoms with van der Waals surface area (Å²) >= 11 is 0. The molecule has 5 heteroatoms. The number of amides is 2. The minimum atomic E-state index is -0.289. The molecule has 2 amide bonds. The summed E-state index contributed by atoms with van der Waals surface area (Å²) in [5.74, 6) is -0.236. The molecule has 0 aromatic heterocycles. The van der Waals surface area contributed by atoms with Crippen molar-refractivity contribution in [1.29, 1.82) is 5.41 Å². The van der Waals surface area contributed by atoms with E-state index >= 15 is 0 Å². The Morgan fingerprint density at radius 2 is 1.83 bits per heavy atom. The number of rotatable bonds is 2. The Kier molecular flexibility index (Phi) is 4.31. The molecule has 0 bridgehead atoms. The van der Waals surface area contributed by atoms with Gasteiger partial charge in [0.2, 0.25) is 0 Å². The Hall–Kier alpha value is -2.04. The van der Waals surface area contributed by atoms with Crippen LogP contribution in [0.5, 0.6) is 0 Å². The molecular weight excluding hydrogens is 228 g/mol. The molecule has 3 N–H and O–H groups in total. The van der Waals surface area contributed by atoms with Crippen LogP contribution < -0.4 is 10.6 Å². The third-order valence-electron chi connectivity index (χ3n) is 2.90. The lowest BCUT2D eigenvalue weighted by Gasteiger charge is -2.28. The van der Waals surface area contributed by atoms with Gasteiger partial charge in [-0.05, 0) is 31.9 Å². The van der Waals surface area contributed by atoms with Crippen molar-refractivity contribution in [3.63, 3.8) is 0 Å². The third kappa shape index (κ3) is 2.61. The highest BCUT2D eigenvalue weighted by Crippen LogP contribution is 2.24. The highest BCUT2D eigenvalue weighted by Gasteiger charge is 2.21. The van der Waals surface area contributed by atoms with Crippen molar-refractivity contribution in [3.8, 4) is 0 Å². The average Bonchev–Trinajstić information content (AvgIpc) is 2.28. The number of carbonyl (C=O) groups excluding carboxylic acids is 1. The number of nitrogens with zero attached hydrogens (tertiary/aromatic N) is 2. The maximum Gasteiger partial charge on any atom is 0.331 e. The van der Waals surface area contributed by atoms with E-state index in [0.29, 0.717) is 6.54 Å². The Morgan fingerprint density at radius 3 is 2.22 bits per heavy atom. The topological polar surface area (TPSA) is 73.4 Å². The van der Waals surface area contributed by atoms with Crippen molar-refractivity contribution in [1.82, 2.24) is 4.90 Å². The molecule has 18 heavy (non-hydrogen) atoms. The monoisotopic (exact) mass is 248 g/mol. The van der Waals surface area contributed by atoms with Crippen LogP contribution in [0.2, 0.25) is 0 Å². The number of aryl methyl sites for hydroxylation is 2. The number of carbonyl (C=O) groups is 1. The van der Waals surface area contributed by atoms with E-state index in [2.05, 4.69) is 0 Å². The molecule has 0 heterocycles. The Labute approximate surface area is 108 Å². The highest BCUT2D eigenvalue weighted by atomic mass is 16.2. The van der Waals surface area contributed by atoms with E-state index in [-0.39, 0.29) is 12.0 Å². The SMILES string of the molecule is CCN(C(=N)N)C(=O)N(C)c1c(C)cccc1C. The number of nitrogens with one attached hydrogen (secondary N) is 1. The van der Waals surface area contributed by atoms with Gasteiger partial charge in [0.25, 0.3) is 0 Å². The van der Waals surface area contributed by atoms with Gasteiger partial charge in [0.05, 0.1) is 5.69 Å². The molecule has 0 aliphatic carbocycles. The summed E-state index contributed by atoms with van der Waals surface area (Å²) in [6.07, 6.45) is 0. The zero-order valence-corrected chi connectivity index (χ0v) is 11.3. The summed E-state index contributed by atoms with van der Waals surface area (Å²) < 4.78 is 0. The number of guanidine groups is 1. The van der Waals surface area contributed by atoms with Gasteiger partial charge in [-0.15, -0.1) is 0 Å².